The molecule has 0 radical (unpaired) electrons. The maximum Gasteiger partial charge on any atom is 0.327 e. The maximum atomic E-state index is 11.8. The molecule has 0 bridgehead atoms. The van der Waals surface area contributed by atoms with Crippen LogP contribution in [0.5, 0.6) is 0 Å². The molecule has 0 aromatic carbocycles. The Labute approximate surface area is 104 Å². The van der Waals surface area contributed by atoms with E-state index in [2.05, 4.69) is 16.0 Å². The molecule has 0 spiro atoms. The number of aryl methyl sites for hydroxylation is 1. The normalized spacial score (nSPS) is 15.9. The van der Waals surface area contributed by atoms with E-state index in [4.69, 9.17) is 4.74 Å². The van der Waals surface area contributed by atoms with Crippen molar-refractivity contribution in [2.75, 3.05) is 13.2 Å². The van der Waals surface area contributed by atoms with Crippen LogP contribution in [0.25, 0.3) is 11.2 Å². The summed E-state index contributed by atoms with van der Waals surface area (Å²) >= 11 is 0. The molecule has 0 atom stereocenters. The fourth-order valence-corrected chi connectivity index (χ4v) is 2.26. The number of ether oxygens (including phenoxy) is 1. The third-order valence-corrected chi connectivity index (χ3v) is 3.26. The van der Waals surface area contributed by atoms with Gasteiger partial charge in [-0.1, -0.05) is 11.6 Å². The van der Waals surface area contributed by atoms with Gasteiger partial charge in [0.05, 0.1) is 18.7 Å². The highest BCUT2D eigenvalue weighted by molar-refractivity contribution is 5.70. The van der Waals surface area contributed by atoms with Gasteiger partial charge in [-0.05, 0) is 25.0 Å². The third kappa shape index (κ3) is 2.09. The molecule has 3 heterocycles. The Morgan fingerprint density at radius 1 is 1.50 bits per heavy atom. The Morgan fingerprint density at radius 2 is 2.44 bits per heavy atom. The van der Waals surface area contributed by atoms with Crippen LogP contribution in [0, 0.1) is 0 Å². The van der Waals surface area contributed by atoms with Crippen molar-refractivity contribution in [1.29, 1.82) is 0 Å². The van der Waals surface area contributed by atoms with Crippen molar-refractivity contribution in [2.45, 2.75) is 19.4 Å². The van der Waals surface area contributed by atoms with E-state index >= 15 is 0 Å². The first-order valence-electron chi connectivity index (χ1n) is 6.14. The van der Waals surface area contributed by atoms with E-state index < -0.39 is 0 Å². The van der Waals surface area contributed by atoms with Gasteiger partial charge in [0.2, 0.25) is 0 Å². The van der Waals surface area contributed by atoms with E-state index in [0.717, 1.165) is 25.0 Å². The molecule has 2 aromatic rings. The summed E-state index contributed by atoms with van der Waals surface area (Å²) in [6.07, 6.45) is 5.66. The summed E-state index contributed by atoms with van der Waals surface area (Å²) in [6, 6.07) is 3.76. The van der Waals surface area contributed by atoms with Crippen molar-refractivity contribution in [1.82, 2.24) is 14.5 Å². The van der Waals surface area contributed by atoms with E-state index in [1.807, 2.05) is 12.1 Å². The molecule has 5 heteroatoms. The molecule has 0 unspecified atom stereocenters. The molecule has 1 N–H and O–H groups in total. The predicted molar refractivity (Wildman–Crippen MR) is 68.5 cm³/mol. The molecule has 1 aliphatic rings. The van der Waals surface area contributed by atoms with E-state index in [1.54, 1.807) is 10.8 Å². The topological polar surface area (TPSA) is 59.9 Å². The molecule has 2 aromatic heterocycles. The van der Waals surface area contributed by atoms with Gasteiger partial charge in [0.1, 0.15) is 0 Å². The molecule has 1 aliphatic heterocycles. The summed E-state index contributed by atoms with van der Waals surface area (Å²) in [7, 11) is 0. The molecule has 5 nitrogen and oxygen atoms in total. The van der Waals surface area contributed by atoms with Crippen LogP contribution in [0.2, 0.25) is 0 Å². The zero-order valence-electron chi connectivity index (χ0n) is 10.1. The van der Waals surface area contributed by atoms with Gasteiger partial charge in [0, 0.05) is 12.7 Å². The number of aromatic amines is 1. The standard InChI is InChI=1S/C13H15N3O2/c17-13-15-12-11(2-1-6-14-12)16(13)7-3-10-4-8-18-9-5-10/h1-2,4,6H,3,5,7-9H2,(H,14,15,17). The molecular weight excluding hydrogens is 230 g/mol. The smallest absolute Gasteiger partial charge is 0.327 e. The lowest BCUT2D eigenvalue weighted by atomic mass is 10.1. The number of aromatic nitrogens is 3. The minimum atomic E-state index is -0.0867. The number of pyridine rings is 1. The minimum absolute atomic E-state index is 0.0867. The van der Waals surface area contributed by atoms with E-state index in [-0.39, 0.29) is 5.69 Å². The monoisotopic (exact) mass is 245 g/mol. The van der Waals surface area contributed by atoms with Crippen molar-refractivity contribution in [3.05, 3.63) is 40.5 Å². The van der Waals surface area contributed by atoms with Crippen molar-refractivity contribution in [3.63, 3.8) is 0 Å². The SMILES string of the molecule is O=c1[nH]c2ncccc2n1CCC1=CCOCC1. The number of nitrogens with zero attached hydrogens (tertiary/aromatic N) is 2. The molecule has 0 saturated heterocycles. The van der Waals surface area contributed by atoms with Crippen LogP contribution < -0.4 is 5.69 Å². The van der Waals surface area contributed by atoms with Crippen LogP contribution in [0.4, 0.5) is 0 Å². The van der Waals surface area contributed by atoms with Crippen molar-refractivity contribution >= 4 is 11.2 Å². The van der Waals surface area contributed by atoms with Crippen LogP contribution in [-0.2, 0) is 11.3 Å². The van der Waals surface area contributed by atoms with Crippen molar-refractivity contribution in [2.24, 2.45) is 0 Å². The number of H-pyrrole nitrogens is 1. The number of imidazole rings is 1. The zero-order valence-corrected chi connectivity index (χ0v) is 10.1. The van der Waals surface area contributed by atoms with Gasteiger partial charge >= 0.3 is 5.69 Å². The third-order valence-electron chi connectivity index (χ3n) is 3.26. The highest BCUT2D eigenvalue weighted by atomic mass is 16.5. The highest BCUT2D eigenvalue weighted by Crippen LogP contribution is 2.14. The van der Waals surface area contributed by atoms with Crippen LogP contribution in [0.3, 0.4) is 0 Å². The first kappa shape index (κ1) is 11.2. The van der Waals surface area contributed by atoms with Gasteiger partial charge in [-0.25, -0.2) is 9.78 Å². The Morgan fingerprint density at radius 3 is 3.28 bits per heavy atom. The average molecular weight is 245 g/mol. The Hall–Kier alpha value is -1.88. The summed E-state index contributed by atoms with van der Waals surface area (Å²) in [5, 5.41) is 0. The molecular formula is C13H15N3O2. The first-order valence-corrected chi connectivity index (χ1v) is 6.14. The number of nitrogens with one attached hydrogen (secondary N) is 1. The van der Waals surface area contributed by atoms with Crippen LogP contribution in [0.15, 0.2) is 34.8 Å². The van der Waals surface area contributed by atoms with Gasteiger partial charge in [0.25, 0.3) is 0 Å². The lowest BCUT2D eigenvalue weighted by molar-refractivity contribution is 0.153. The highest BCUT2D eigenvalue weighted by Gasteiger charge is 2.09. The molecule has 0 amide bonds. The molecule has 0 aliphatic carbocycles. The second kappa shape index (κ2) is 4.78. The van der Waals surface area contributed by atoms with Crippen LogP contribution >= 0.6 is 0 Å². The maximum absolute atomic E-state index is 11.8. The second-order valence-corrected chi connectivity index (χ2v) is 4.39. The number of hydrogen-bond acceptors (Lipinski definition) is 3. The number of fused-ring (bicyclic) bond motifs is 1. The Balaban J connectivity index is 1.84. The Bertz CT molecular complexity index is 639. The fourth-order valence-electron chi connectivity index (χ4n) is 2.26. The summed E-state index contributed by atoms with van der Waals surface area (Å²) < 4.78 is 7.02. The van der Waals surface area contributed by atoms with E-state index in [0.29, 0.717) is 18.8 Å². The van der Waals surface area contributed by atoms with Gasteiger partial charge in [-0.2, -0.15) is 0 Å². The van der Waals surface area contributed by atoms with Crippen molar-refractivity contribution < 1.29 is 4.74 Å². The van der Waals surface area contributed by atoms with Crippen molar-refractivity contribution in [3.8, 4) is 0 Å². The lowest BCUT2D eigenvalue weighted by Crippen LogP contribution is -2.17. The van der Waals surface area contributed by atoms with E-state index in [1.165, 1.54) is 5.57 Å². The number of rotatable bonds is 3. The van der Waals surface area contributed by atoms with Crippen LogP contribution in [0.1, 0.15) is 12.8 Å². The molecule has 94 valence electrons. The fraction of sp³-hybridized carbons (Fsp3) is 0.385. The largest absolute Gasteiger partial charge is 0.377 e. The van der Waals surface area contributed by atoms with E-state index in [9.17, 15) is 4.79 Å². The minimum Gasteiger partial charge on any atom is -0.377 e. The molecule has 0 fully saturated rings. The van der Waals surface area contributed by atoms with Gasteiger partial charge in [-0.3, -0.25) is 9.55 Å². The first-order chi connectivity index (χ1) is 8.84. The number of hydrogen-bond donors (Lipinski definition) is 1. The quantitative estimate of drug-likeness (QED) is 0.833. The summed E-state index contributed by atoms with van der Waals surface area (Å²) in [5.41, 5.74) is 2.81. The average Bonchev–Trinajstić information content (AvgIpc) is 2.73. The van der Waals surface area contributed by atoms with Gasteiger partial charge in [0.15, 0.2) is 5.65 Å². The van der Waals surface area contributed by atoms with Gasteiger partial charge in [-0.15, -0.1) is 0 Å². The zero-order chi connectivity index (χ0) is 12.4. The summed E-state index contributed by atoms with van der Waals surface area (Å²) in [6.45, 7) is 2.17. The lowest BCUT2D eigenvalue weighted by Gasteiger charge is -2.13. The van der Waals surface area contributed by atoms with Crippen LogP contribution in [-0.4, -0.2) is 27.7 Å². The molecule has 3 rings (SSSR count). The summed E-state index contributed by atoms with van der Waals surface area (Å²) in [5.74, 6) is 0. The summed E-state index contributed by atoms with van der Waals surface area (Å²) in [4.78, 5) is 18.7. The molecule has 18 heavy (non-hydrogen) atoms. The second-order valence-electron chi connectivity index (χ2n) is 4.39. The Kier molecular flexibility index (Phi) is 2.98. The van der Waals surface area contributed by atoms with Gasteiger partial charge < -0.3 is 4.74 Å². The predicted octanol–water partition coefficient (Wildman–Crippen LogP) is 1.46. The molecule has 0 saturated carbocycles.